The van der Waals surface area contributed by atoms with Gasteiger partial charge in [0.2, 0.25) is 0 Å². The second-order valence-electron chi connectivity index (χ2n) is 5.90. The average molecular weight is 291 g/mol. The molecule has 2 rings (SSSR count). The van der Waals surface area contributed by atoms with E-state index in [2.05, 4.69) is 25.8 Å². The van der Waals surface area contributed by atoms with Crippen LogP contribution in [0.2, 0.25) is 0 Å². The SMILES string of the molecule is CC(C)(C)c1csc(CC(=O)Cc2ccc(F)cc2)n1. The summed E-state index contributed by atoms with van der Waals surface area (Å²) in [5.74, 6) is -0.178. The second kappa shape index (κ2) is 5.83. The summed E-state index contributed by atoms with van der Waals surface area (Å²) in [6.07, 6.45) is 0.669. The van der Waals surface area contributed by atoms with E-state index in [-0.39, 0.29) is 17.0 Å². The van der Waals surface area contributed by atoms with Crippen LogP contribution in [0.1, 0.15) is 37.0 Å². The van der Waals surface area contributed by atoms with Crippen molar-refractivity contribution in [1.82, 2.24) is 4.98 Å². The maximum atomic E-state index is 12.8. The molecule has 1 heterocycles. The molecule has 0 atom stereocenters. The first-order chi connectivity index (χ1) is 9.34. The van der Waals surface area contributed by atoms with Gasteiger partial charge in [0.1, 0.15) is 16.6 Å². The zero-order valence-corrected chi connectivity index (χ0v) is 12.8. The monoisotopic (exact) mass is 291 g/mol. The molecule has 0 N–H and O–H groups in total. The van der Waals surface area contributed by atoms with Gasteiger partial charge in [-0.05, 0) is 17.7 Å². The zero-order chi connectivity index (χ0) is 14.8. The van der Waals surface area contributed by atoms with Crippen molar-refractivity contribution in [3.63, 3.8) is 0 Å². The van der Waals surface area contributed by atoms with Crippen molar-refractivity contribution in [2.24, 2.45) is 0 Å². The summed E-state index contributed by atoms with van der Waals surface area (Å²) in [4.78, 5) is 16.5. The third kappa shape index (κ3) is 3.97. The van der Waals surface area contributed by atoms with Crippen LogP contribution in [0.5, 0.6) is 0 Å². The summed E-state index contributed by atoms with van der Waals surface area (Å²) in [5, 5.41) is 2.86. The maximum absolute atomic E-state index is 12.8. The zero-order valence-electron chi connectivity index (χ0n) is 11.9. The first-order valence-electron chi connectivity index (χ1n) is 6.55. The number of rotatable bonds is 4. The van der Waals surface area contributed by atoms with Gasteiger partial charge in [-0.15, -0.1) is 11.3 Å². The lowest BCUT2D eigenvalue weighted by molar-refractivity contribution is -0.117. The van der Waals surface area contributed by atoms with E-state index < -0.39 is 0 Å². The number of aromatic nitrogens is 1. The summed E-state index contributed by atoms with van der Waals surface area (Å²) < 4.78 is 12.8. The number of carbonyl (C=O) groups excluding carboxylic acids is 1. The van der Waals surface area contributed by atoms with Gasteiger partial charge in [-0.1, -0.05) is 32.9 Å². The number of Topliss-reactive ketones (excluding diaryl/α,β-unsaturated/α-hetero) is 1. The van der Waals surface area contributed by atoms with Gasteiger partial charge in [0.15, 0.2) is 0 Å². The van der Waals surface area contributed by atoms with Crippen molar-refractivity contribution >= 4 is 17.1 Å². The molecule has 0 aliphatic carbocycles. The van der Waals surface area contributed by atoms with E-state index >= 15 is 0 Å². The molecule has 0 saturated heterocycles. The molecule has 0 aliphatic rings. The van der Waals surface area contributed by atoms with E-state index in [1.807, 2.05) is 5.38 Å². The molecule has 106 valence electrons. The first kappa shape index (κ1) is 14.9. The van der Waals surface area contributed by atoms with Gasteiger partial charge in [0.25, 0.3) is 0 Å². The third-order valence-corrected chi connectivity index (χ3v) is 3.83. The molecule has 20 heavy (non-hydrogen) atoms. The first-order valence-corrected chi connectivity index (χ1v) is 7.43. The van der Waals surface area contributed by atoms with E-state index in [0.29, 0.717) is 12.8 Å². The predicted molar refractivity (Wildman–Crippen MR) is 79.6 cm³/mol. The fraction of sp³-hybridized carbons (Fsp3) is 0.375. The van der Waals surface area contributed by atoms with Crippen molar-refractivity contribution in [3.05, 3.63) is 51.7 Å². The molecule has 2 aromatic rings. The number of ketones is 1. The Hall–Kier alpha value is -1.55. The quantitative estimate of drug-likeness (QED) is 0.854. The lowest BCUT2D eigenvalue weighted by Gasteiger charge is -2.14. The fourth-order valence-electron chi connectivity index (χ4n) is 1.80. The Kier molecular flexibility index (Phi) is 4.33. The van der Waals surface area contributed by atoms with E-state index in [1.165, 1.54) is 23.5 Å². The Labute approximate surface area is 122 Å². The average Bonchev–Trinajstić information content (AvgIpc) is 2.80. The molecule has 0 amide bonds. The van der Waals surface area contributed by atoms with Gasteiger partial charge in [-0.3, -0.25) is 4.79 Å². The Morgan fingerprint density at radius 3 is 2.40 bits per heavy atom. The normalized spacial score (nSPS) is 11.6. The van der Waals surface area contributed by atoms with Gasteiger partial charge >= 0.3 is 0 Å². The number of benzene rings is 1. The van der Waals surface area contributed by atoms with Crippen LogP contribution in [0.25, 0.3) is 0 Å². The van der Waals surface area contributed by atoms with Crippen LogP contribution in [0.4, 0.5) is 4.39 Å². The van der Waals surface area contributed by atoms with Crippen molar-refractivity contribution in [1.29, 1.82) is 0 Å². The van der Waals surface area contributed by atoms with Crippen LogP contribution in [0, 0.1) is 5.82 Å². The molecule has 0 radical (unpaired) electrons. The summed E-state index contributed by atoms with van der Waals surface area (Å²) in [6.45, 7) is 6.31. The van der Waals surface area contributed by atoms with Gasteiger partial charge < -0.3 is 0 Å². The molecule has 0 unspecified atom stereocenters. The smallest absolute Gasteiger partial charge is 0.144 e. The Bertz CT molecular complexity index is 596. The highest BCUT2D eigenvalue weighted by molar-refractivity contribution is 7.09. The van der Waals surface area contributed by atoms with Gasteiger partial charge in [0, 0.05) is 17.2 Å². The molecular weight excluding hydrogens is 273 g/mol. The van der Waals surface area contributed by atoms with Crippen molar-refractivity contribution < 1.29 is 9.18 Å². The van der Waals surface area contributed by atoms with E-state index in [0.717, 1.165) is 16.3 Å². The molecule has 0 aliphatic heterocycles. The summed E-state index contributed by atoms with van der Waals surface area (Å²) in [7, 11) is 0. The Morgan fingerprint density at radius 2 is 1.85 bits per heavy atom. The molecule has 0 bridgehead atoms. The Balaban J connectivity index is 1.98. The van der Waals surface area contributed by atoms with Crippen LogP contribution in [0.3, 0.4) is 0 Å². The topological polar surface area (TPSA) is 30.0 Å². The van der Waals surface area contributed by atoms with Crippen LogP contribution in [-0.4, -0.2) is 10.8 Å². The minimum Gasteiger partial charge on any atom is -0.299 e. The minimum absolute atomic E-state index is 0.00869. The highest BCUT2D eigenvalue weighted by Gasteiger charge is 2.18. The van der Waals surface area contributed by atoms with Gasteiger partial charge in [-0.25, -0.2) is 9.37 Å². The maximum Gasteiger partial charge on any atom is 0.144 e. The lowest BCUT2D eigenvalue weighted by atomic mass is 9.93. The largest absolute Gasteiger partial charge is 0.299 e. The molecule has 4 heteroatoms. The standard InChI is InChI=1S/C16H18FNOS/c1-16(2,3)14-10-20-15(18-14)9-13(19)8-11-4-6-12(17)7-5-11/h4-7,10H,8-9H2,1-3H3. The van der Waals surface area contributed by atoms with Crippen molar-refractivity contribution in [2.75, 3.05) is 0 Å². The van der Waals surface area contributed by atoms with E-state index in [1.54, 1.807) is 12.1 Å². The number of hydrogen-bond acceptors (Lipinski definition) is 3. The molecular formula is C16H18FNOS. The third-order valence-electron chi connectivity index (χ3n) is 2.98. The molecule has 0 saturated carbocycles. The second-order valence-corrected chi connectivity index (χ2v) is 6.84. The van der Waals surface area contributed by atoms with Crippen molar-refractivity contribution in [2.45, 2.75) is 39.0 Å². The van der Waals surface area contributed by atoms with Crippen LogP contribution >= 0.6 is 11.3 Å². The molecule has 1 aromatic heterocycles. The number of carbonyl (C=O) groups is 1. The Morgan fingerprint density at radius 1 is 1.20 bits per heavy atom. The summed E-state index contributed by atoms with van der Waals surface area (Å²) >= 11 is 1.53. The van der Waals surface area contributed by atoms with Crippen LogP contribution in [-0.2, 0) is 23.1 Å². The number of thiazole rings is 1. The molecule has 2 nitrogen and oxygen atoms in total. The number of hydrogen-bond donors (Lipinski definition) is 0. The van der Waals surface area contributed by atoms with Crippen LogP contribution < -0.4 is 0 Å². The van der Waals surface area contributed by atoms with Crippen molar-refractivity contribution in [3.8, 4) is 0 Å². The lowest BCUT2D eigenvalue weighted by Crippen LogP contribution is -2.12. The highest BCUT2D eigenvalue weighted by atomic mass is 32.1. The molecule has 0 fully saturated rings. The van der Waals surface area contributed by atoms with Gasteiger partial charge in [-0.2, -0.15) is 0 Å². The number of halogens is 1. The van der Waals surface area contributed by atoms with E-state index in [4.69, 9.17) is 0 Å². The molecule has 1 aromatic carbocycles. The summed E-state index contributed by atoms with van der Waals surface area (Å²) in [6, 6.07) is 6.05. The fourth-order valence-corrected chi connectivity index (χ4v) is 2.85. The van der Waals surface area contributed by atoms with Gasteiger partial charge in [0.05, 0.1) is 12.1 Å². The summed E-state index contributed by atoms with van der Waals surface area (Å²) in [5.41, 5.74) is 1.87. The predicted octanol–water partition coefficient (Wildman–Crippen LogP) is 3.93. The highest BCUT2D eigenvalue weighted by Crippen LogP contribution is 2.24. The molecule has 0 spiro atoms. The van der Waals surface area contributed by atoms with E-state index in [9.17, 15) is 9.18 Å². The number of nitrogens with zero attached hydrogens (tertiary/aromatic N) is 1. The minimum atomic E-state index is -0.282. The van der Waals surface area contributed by atoms with Crippen LogP contribution in [0.15, 0.2) is 29.6 Å².